The van der Waals surface area contributed by atoms with Crippen LogP contribution in [0, 0.1) is 16.0 Å². The molecule has 1 unspecified atom stereocenters. The molecular weight excluding hydrogens is 294 g/mol. The molecule has 7 nitrogen and oxygen atoms in total. The molecule has 0 saturated carbocycles. The van der Waals surface area contributed by atoms with Gasteiger partial charge in [0.25, 0.3) is 5.69 Å². The average molecular weight is 315 g/mol. The Morgan fingerprint density at radius 2 is 1.90 bits per heavy atom. The Kier molecular flexibility index (Phi) is 5.68. The van der Waals surface area contributed by atoms with Gasteiger partial charge >= 0.3 is 0 Å². The first-order valence-electron chi connectivity index (χ1n) is 6.79. The molecule has 0 heterocycles. The van der Waals surface area contributed by atoms with Gasteiger partial charge in [-0.3, -0.25) is 10.1 Å². The van der Waals surface area contributed by atoms with Gasteiger partial charge in [0.05, 0.1) is 10.6 Å². The molecule has 0 aliphatic heterocycles. The monoisotopic (exact) mass is 315 g/mol. The maximum Gasteiger partial charge on any atom is 0.270 e. The third-order valence-electron chi connectivity index (χ3n) is 3.59. The molecule has 0 saturated heterocycles. The normalized spacial score (nSPS) is 13.3. The summed E-state index contributed by atoms with van der Waals surface area (Å²) >= 11 is 0. The average Bonchev–Trinajstić information content (AvgIpc) is 2.39. The minimum Gasteiger partial charge on any atom is -0.398 e. The second kappa shape index (κ2) is 6.86. The number of nitrogens with zero attached hydrogens (tertiary/aromatic N) is 1. The fourth-order valence-electron chi connectivity index (χ4n) is 2.27. The van der Waals surface area contributed by atoms with Crippen molar-refractivity contribution in [2.45, 2.75) is 44.6 Å². The fraction of sp³-hybridized carbons (Fsp3) is 0.538. The van der Waals surface area contributed by atoms with Crippen LogP contribution in [-0.2, 0) is 10.0 Å². The van der Waals surface area contributed by atoms with Crippen LogP contribution >= 0.6 is 0 Å². The molecule has 1 atom stereocenters. The summed E-state index contributed by atoms with van der Waals surface area (Å²) in [5.74, 6) is 0.194. The number of nitrogens with two attached hydrogens (primary N) is 1. The first-order chi connectivity index (χ1) is 9.72. The van der Waals surface area contributed by atoms with E-state index < -0.39 is 14.9 Å². The molecule has 0 fully saturated rings. The quantitative estimate of drug-likeness (QED) is 0.455. The van der Waals surface area contributed by atoms with Crippen molar-refractivity contribution in [3.05, 3.63) is 28.3 Å². The summed E-state index contributed by atoms with van der Waals surface area (Å²) < 4.78 is 27.3. The van der Waals surface area contributed by atoms with Crippen LogP contribution in [0.3, 0.4) is 0 Å². The first-order valence-corrected chi connectivity index (χ1v) is 8.27. The minimum atomic E-state index is -3.89. The van der Waals surface area contributed by atoms with Crippen LogP contribution in [0.1, 0.15) is 33.6 Å². The van der Waals surface area contributed by atoms with Crippen molar-refractivity contribution >= 4 is 21.4 Å². The molecule has 0 spiro atoms. The summed E-state index contributed by atoms with van der Waals surface area (Å²) in [6.07, 6.45) is 1.68. The Balaban J connectivity index is 3.13. The van der Waals surface area contributed by atoms with Crippen molar-refractivity contribution in [1.82, 2.24) is 4.72 Å². The lowest BCUT2D eigenvalue weighted by atomic mass is 9.96. The number of rotatable bonds is 7. The van der Waals surface area contributed by atoms with Gasteiger partial charge in [-0.15, -0.1) is 0 Å². The van der Waals surface area contributed by atoms with Crippen molar-refractivity contribution in [1.29, 1.82) is 0 Å². The van der Waals surface area contributed by atoms with Gasteiger partial charge in [-0.05, 0) is 18.9 Å². The van der Waals surface area contributed by atoms with Crippen LogP contribution in [0.5, 0.6) is 0 Å². The minimum absolute atomic E-state index is 0.00940. The third-order valence-corrected chi connectivity index (χ3v) is 5.21. The highest BCUT2D eigenvalue weighted by molar-refractivity contribution is 7.89. The van der Waals surface area contributed by atoms with Crippen molar-refractivity contribution in [2.24, 2.45) is 5.92 Å². The number of hydrogen-bond donors (Lipinski definition) is 2. The molecule has 0 bridgehead atoms. The second-order valence-corrected chi connectivity index (χ2v) is 6.65. The molecule has 0 aliphatic carbocycles. The zero-order chi connectivity index (χ0) is 16.2. The summed E-state index contributed by atoms with van der Waals surface area (Å²) in [5.41, 5.74) is 5.34. The van der Waals surface area contributed by atoms with Gasteiger partial charge in [-0.2, -0.15) is 0 Å². The van der Waals surface area contributed by atoms with Crippen LogP contribution in [0.25, 0.3) is 0 Å². The summed E-state index contributed by atoms with van der Waals surface area (Å²) in [6.45, 7) is 5.75. The van der Waals surface area contributed by atoms with Gasteiger partial charge < -0.3 is 5.73 Å². The largest absolute Gasteiger partial charge is 0.398 e. The van der Waals surface area contributed by atoms with Gasteiger partial charge in [-0.25, -0.2) is 13.1 Å². The summed E-state index contributed by atoms with van der Waals surface area (Å²) in [6, 6.07) is 3.12. The van der Waals surface area contributed by atoms with E-state index in [-0.39, 0.29) is 28.2 Å². The second-order valence-electron chi connectivity index (χ2n) is 4.97. The molecule has 1 aromatic carbocycles. The van der Waals surface area contributed by atoms with Crippen LogP contribution in [0.15, 0.2) is 23.1 Å². The van der Waals surface area contributed by atoms with Crippen LogP contribution in [-0.4, -0.2) is 19.4 Å². The predicted octanol–water partition coefficient (Wildman–Crippen LogP) is 2.28. The number of benzene rings is 1. The van der Waals surface area contributed by atoms with E-state index >= 15 is 0 Å². The molecule has 1 rings (SSSR count). The van der Waals surface area contributed by atoms with Crippen LogP contribution < -0.4 is 10.5 Å². The lowest BCUT2D eigenvalue weighted by molar-refractivity contribution is -0.385. The maximum absolute atomic E-state index is 12.4. The summed E-state index contributed by atoms with van der Waals surface area (Å²) in [4.78, 5) is 9.86. The van der Waals surface area contributed by atoms with E-state index in [0.717, 1.165) is 18.9 Å². The molecule has 8 heteroatoms. The van der Waals surface area contributed by atoms with E-state index in [0.29, 0.717) is 0 Å². The highest BCUT2D eigenvalue weighted by Gasteiger charge is 2.25. The van der Waals surface area contributed by atoms with Crippen molar-refractivity contribution in [2.75, 3.05) is 5.73 Å². The number of nitro benzene ring substituents is 1. The van der Waals surface area contributed by atoms with Crippen molar-refractivity contribution < 1.29 is 13.3 Å². The summed E-state index contributed by atoms with van der Waals surface area (Å²) in [5, 5.41) is 10.8. The number of sulfonamides is 1. The molecule has 21 heavy (non-hydrogen) atoms. The lowest BCUT2D eigenvalue weighted by Gasteiger charge is -2.22. The van der Waals surface area contributed by atoms with Crippen LogP contribution in [0.2, 0.25) is 0 Å². The Morgan fingerprint density at radius 3 is 2.38 bits per heavy atom. The third kappa shape index (κ3) is 4.15. The predicted molar refractivity (Wildman–Crippen MR) is 81.4 cm³/mol. The van der Waals surface area contributed by atoms with E-state index in [1.165, 1.54) is 12.1 Å². The van der Waals surface area contributed by atoms with Gasteiger partial charge in [0.2, 0.25) is 10.0 Å². The first kappa shape index (κ1) is 17.4. The molecule has 3 N–H and O–H groups in total. The van der Waals surface area contributed by atoms with Crippen molar-refractivity contribution in [3.63, 3.8) is 0 Å². The van der Waals surface area contributed by atoms with Crippen LogP contribution in [0.4, 0.5) is 11.4 Å². The highest BCUT2D eigenvalue weighted by Crippen LogP contribution is 2.25. The zero-order valence-corrected chi connectivity index (χ0v) is 13.2. The topological polar surface area (TPSA) is 115 Å². The Morgan fingerprint density at radius 1 is 1.33 bits per heavy atom. The number of hydrogen-bond acceptors (Lipinski definition) is 5. The van der Waals surface area contributed by atoms with E-state index in [1.807, 2.05) is 13.8 Å². The molecule has 0 amide bonds. The highest BCUT2D eigenvalue weighted by atomic mass is 32.2. The molecule has 0 aliphatic rings. The Bertz CT molecular complexity index is 612. The molecule has 0 radical (unpaired) electrons. The molecular formula is C13H21N3O4S. The number of nitrogens with one attached hydrogen (secondary N) is 1. The Labute approximate surface area is 124 Å². The smallest absolute Gasteiger partial charge is 0.270 e. The van der Waals surface area contributed by atoms with Crippen molar-refractivity contribution in [3.8, 4) is 0 Å². The van der Waals surface area contributed by atoms with E-state index in [9.17, 15) is 18.5 Å². The number of anilines is 1. The lowest BCUT2D eigenvalue weighted by Crippen LogP contribution is -2.38. The fourth-order valence-corrected chi connectivity index (χ4v) is 3.73. The summed E-state index contributed by atoms with van der Waals surface area (Å²) in [7, 11) is -3.89. The van der Waals surface area contributed by atoms with E-state index in [4.69, 9.17) is 5.73 Å². The number of non-ortho nitro benzene ring substituents is 1. The zero-order valence-electron chi connectivity index (χ0n) is 12.4. The van der Waals surface area contributed by atoms with Gasteiger partial charge in [0, 0.05) is 18.2 Å². The maximum atomic E-state index is 12.4. The van der Waals surface area contributed by atoms with Gasteiger partial charge in [0.1, 0.15) is 4.90 Å². The van der Waals surface area contributed by atoms with E-state index in [2.05, 4.69) is 4.72 Å². The van der Waals surface area contributed by atoms with Gasteiger partial charge in [0.15, 0.2) is 0 Å². The molecule has 118 valence electrons. The SMILES string of the molecule is CCC(CC)C(C)NS(=O)(=O)c1cc([N+](=O)[O-])ccc1N. The molecule has 0 aromatic heterocycles. The number of nitro groups is 1. The van der Waals surface area contributed by atoms with Gasteiger partial charge in [-0.1, -0.05) is 26.7 Å². The van der Waals surface area contributed by atoms with E-state index in [1.54, 1.807) is 6.92 Å². The molecule has 1 aromatic rings. The number of nitrogen functional groups attached to an aromatic ring is 1. The standard InChI is InChI=1S/C13H21N3O4S/c1-4-10(5-2)9(3)15-21(19,20)13-8-11(16(17)18)6-7-12(13)14/h6-10,15H,4-5,14H2,1-3H3. The Hall–Kier alpha value is -1.67.